The molecule has 0 saturated heterocycles. The van der Waals surface area contributed by atoms with Crippen LogP contribution in [0.1, 0.15) is 36.0 Å². The molecule has 1 N–H and O–H groups in total. The van der Waals surface area contributed by atoms with Crippen LogP contribution in [-0.4, -0.2) is 11.0 Å². The molecule has 96 valence electrons. The maximum Gasteiger partial charge on any atom is 0.141 e. The lowest BCUT2D eigenvalue weighted by molar-refractivity contribution is 0.517. The normalized spacial score (nSPS) is 12.9. The molecule has 1 atom stereocenters. The standard InChI is InChI=1S/C14H17FN2S/c1-9(2)17-14(12-6-7-18-10(12)3)13-5-4-11(15)8-16-13/h4-9,14,17H,1-3H3. The summed E-state index contributed by atoms with van der Waals surface area (Å²) in [4.78, 5) is 5.46. The zero-order valence-corrected chi connectivity index (χ0v) is 11.6. The van der Waals surface area contributed by atoms with E-state index in [9.17, 15) is 4.39 Å². The van der Waals surface area contributed by atoms with Crippen molar-refractivity contribution >= 4 is 11.3 Å². The molecule has 2 rings (SSSR count). The molecule has 18 heavy (non-hydrogen) atoms. The number of rotatable bonds is 4. The van der Waals surface area contributed by atoms with Crippen LogP contribution in [0, 0.1) is 12.7 Å². The van der Waals surface area contributed by atoms with E-state index in [1.165, 1.54) is 22.7 Å². The van der Waals surface area contributed by atoms with Crippen molar-refractivity contribution in [1.82, 2.24) is 10.3 Å². The lowest BCUT2D eigenvalue weighted by atomic mass is 10.0. The van der Waals surface area contributed by atoms with Gasteiger partial charge in [-0.25, -0.2) is 4.39 Å². The van der Waals surface area contributed by atoms with Gasteiger partial charge in [-0.1, -0.05) is 0 Å². The Morgan fingerprint density at radius 1 is 1.28 bits per heavy atom. The van der Waals surface area contributed by atoms with Crippen LogP contribution in [0.2, 0.25) is 0 Å². The monoisotopic (exact) mass is 264 g/mol. The van der Waals surface area contributed by atoms with Crippen LogP contribution in [0.5, 0.6) is 0 Å². The van der Waals surface area contributed by atoms with Crippen LogP contribution < -0.4 is 5.32 Å². The zero-order chi connectivity index (χ0) is 13.1. The van der Waals surface area contributed by atoms with Crippen LogP contribution in [0.25, 0.3) is 0 Å². The zero-order valence-electron chi connectivity index (χ0n) is 10.8. The minimum absolute atomic E-state index is 0.0249. The van der Waals surface area contributed by atoms with Gasteiger partial charge in [0.05, 0.1) is 17.9 Å². The predicted octanol–water partition coefficient (Wildman–Crippen LogP) is 3.68. The van der Waals surface area contributed by atoms with Crippen LogP contribution >= 0.6 is 11.3 Å². The number of hydrogen-bond acceptors (Lipinski definition) is 3. The second-order valence-corrected chi connectivity index (χ2v) is 5.71. The lowest BCUT2D eigenvalue weighted by Gasteiger charge is -2.21. The van der Waals surface area contributed by atoms with Gasteiger partial charge in [0.15, 0.2) is 0 Å². The fourth-order valence-corrected chi connectivity index (χ4v) is 2.66. The van der Waals surface area contributed by atoms with Crippen molar-refractivity contribution in [2.75, 3.05) is 0 Å². The maximum absolute atomic E-state index is 13.0. The molecule has 0 radical (unpaired) electrons. The number of pyridine rings is 1. The maximum atomic E-state index is 13.0. The lowest BCUT2D eigenvalue weighted by Crippen LogP contribution is -2.29. The molecule has 0 fully saturated rings. The summed E-state index contributed by atoms with van der Waals surface area (Å²) in [5.41, 5.74) is 2.07. The molecule has 0 bridgehead atoms. The van der Waals surface area contributed by atoms with Crippen molar-refractivity contribution in [2.24, 2.45) is 0 Å². The van der Waals surface area contributed by atoms with Gasteiger partial charge < -0.3 is 5.32 Å². The first-order chi connectivity index (χ1) is 8.58. The predicted molar refractivity (Wildman–Crippen MR) is 73.4 cm³/mol. The molecule has 0 aliphatic heterocycles. The third-order valence-electron chi connectivity index (χ3n) is 2.76. The number of thiophene rings is 1. The van der Waals surface area contributed by atoms with Gasteiger partial charge in [-0.2, -0.15) is 0 Å². The van der Waals surface area contributed by atoms with Gasteiger partial charge in [0, 0.05) is 10.9 Å². The van der Waals surface area contributed by atoms with Gasteiger partial charge in [0.1, 0.15) is 5.82 Å². The van der Waals surface area contributed by atoms with E-state index >= 15 is 0 Å². The van der Waals surface area contributed by atoms with Gasteiger partial charge >= 0.3 is 0 Å². The van der Waals surface area contributed by atoms with E-state index < -0.39 is 0 Å². The van der Waals surface area contributed by atoms with Gasteiger partial charge in [-0.15, -0.1) is 11.3 Å². The fraction of sp³-hybridized carbons (Fsp3) is 0.357. The SMILES string of the molecule is Cc1sccc1C(NC(C)C)c1ccc(F)cn1. The highest BCUT2D eigenvalue weighted by atomic mass is 32.1. The highest BCUT2D eigenvalue weighted by Crippen LogP contribution is 2.27. The number of halogens is 1. The largest absolute Gasteiger partial charge is 0.303 e. The Kier molecular flexibility index (Phi) is 4.09. The summed E-state index contributed by atoms with van der Waals surface area (Å²) in [6.07, 6.45) is 1.27. The molecule has 2 heterocycles. The Hall–Kier alpha value is -1.26. The smallest absolute Gasteiger partial charge is 0.141 e. The summed E-state index contributed by atoms with van der Waals surface area (Å²) in [6, 6.07) is 5.66. The Balaban J connectivity index is 2.36. The molecule has 0 aromatic carbocycles. The molecular formula is C14H17FN2S. The van der Waals surface area contributed by atoms with E-state index in [4.69, 9.17) is 0 Å². The van der Waals surface area contributed by atoms with Crippen molar-refractivity contribution in [2.45, 2.75) is 32.9 Å². The van der Waals surface area contributed by atoms with Crippen LogP contribution in [0.15, 0.2) is 29.8 Å². The summed E-state index contributed by atoms with van der Waals surface area (Å²) < 4.78 is 13.0. The summed E-state index contributed by atoms with van der Waals surface area (Å²) in [5.74, 6) is -0.302. The van der Waals surface area contributed by atoms with Crippen molar-refractivity contribution in [3.05, 3.63) is 51.7 Å². The summed E-state index contributed by atoms with van der Waals surface area (Å²) in [5, 5.41) is 5.55. The number of aryl methyl sites for hydroxylation is 1. The van der Waals surface area contributed by atoms with Crippen molar-refractivity contribution in [1.29, 1.82) is 0 Å². The van der Waals surface area contributed by atoms with E-state index in [2.05, 4.69) is 42.5 Å². The van der Waals surface area contributed by atoms with Gasteiger partial charge in [-0.3, -0.25) is 4.98 Å². The first kappa shape index (κ1) is 13.2. The number of hydrogen-bond donors (Lipinski definition) is 1. The van der Waals surface area contributed by atoms with Gasteiger partial charge in [0.2, 0.25) is 0 Å². The third kappa shape index (κ3) is 2.94. The minimum Gasteiger partial charge on any atom is -0.303 e. The molecule has 0 aliphatic rings. The molecule has 0 amide bonds. The Labute approximate surface area is 111 Å². The first-order valence-corrected chi connectivity index (χ1v) is 6.87. The summed E-state index contributed by atoms with van der Waals surface area (Å²) in [7, 11) is 0. The van der Waals surface area contributed by atoms with E-state index in [-0.39, 0.29) is 11.9 Å². The summed E-state index contributed by atoms with van der Waals surface area (Å²) in [6.45, 7) is 6.29. The third-order valence-corrected chi connectivity index (χ3v) is 3.62. The Morgan fingerprint density at radius 2 is 2.06 bits per heavy atom. The first-order valence-electron chi connectivity index (χ1n) is 5.99. The van der Waals surface area contributed by atoms with Crippen LogP contribution in [0.4, 0.5) is 4.39 Å². The van der Waals surface area contributed by atoms with Crippen LogP contribution in [-0.2, 0) is 0 Å². The van der Waals surface area contributed by atoms with Crippen LogP contribution in [0.3, 0.4) is 0 Å². The van der Waals surface area contributed by atoms with E-state index in [1.54, 1.807) is 17.4 Å². The molecule has 1 unspecified atom stereocenters. The number of nitrogens with one attached hydrogen (secondary N) is 1. The second-order valence-electron chi connectivity index (χ2n) is 4.59. The van der Waals surface area contributed by atoms with Crippen molar-refractivity contribution < 1.29 is 4.39 Å². The second kappa shape index (κ2) is 5.59. The quantitative estimate of drug-likeness (QED) is 0.911. The molecule has 0 saturated carbocycles. The Morgan fingerprint density at radius 3 is 2.56 bits per heavy atom. The molecule has 4 heteroatoms. The van der Waals surface area contributed by atoms with E-state index in [1.807, 2.05) is 0 Å². The molecule has 2 nitrogen and oxygen atoms in total. The average Bonchev–Trinajstić information content (AvgIpc) is 2.73. The Bertz CT molecular complexity index is 505. The fourth-order valence-electron chi connectivity index (χ4n) is 1.92. The van der Waals surface area contributed by atoms with Crippen molar-refractivity contribution in [3.8, 4) is 0 Å². The van der Waals surface area contributed by atoms with Gasteiger partial charge in [0.25, 0.3) is 0 Å². The molecule has 0 aliphatic carbocycles. The molecule has 0 spiro atoms. The van der Waals surface area contributed by atoms with Crippen molar-refractivity contribution in [3.63, 3.8) is 0 Å². The minimum atomic E-state index is -0.302. The topological polar surface area (TPSA) is 24.9 Å². The molecular weight excluding hydrogens is 247 g/mol. The summed E-state index contributed by atoms with van der Waals surface area (Å²) >= 11 is 1.72. The molecule has 2 aromatic heterocycles. The highest BCUT2D eigenvalue weighted by molar-refractivity contribution is 7.10. The number of nitrogens with zero attached hydrogens (tertiary/aromatic N) is 1. The number of aromatic nitrogens is 1. The van der Waals surface area contributed by atoms with E-state index in [0.717, 1.165) is 5.69 Å². The van der Waals surface area contributed by atoms with E-state index in [0.29, 0.717) is 6.04 Å². The van der Waals surface area contributed by atoms with Gasteiger partial charge in [-0.05, 0) is 49.9 Å². The molecule has 2 aromatic rings. The average molecular weight is 264 g/mol. The highest BCUT2D eigenvalue weighted by Gasteiger charge is 2.18.